The molecule has 152 valence electrons. The summed E-state index contributed by atoms with van der Waals surface area (Å²) < 4.78 is 6.10. The van der Waals surface area contributed by atoms with Crippen LogP contribution in [0.2, 0.25) is 0 Å². The Morgan fingerprint density at radius 2 is 2.00 bits per heavy atom. The lowest BCUT2D eigenvalue weighted by molar-refractivity contribution is -0.0835. The molecule has 0 aromatic rings. The molecule has 2 fully saturated rings. The van der Waals surface area contributed by atoms with Crippen molar-refractivity contribution in [3.63, 3.8) is 0 Å². The zero-order chi connectivity index (χ0) is 19.2. The number of nitrogens with zero attached hydrogens (tertiary/aromatic N) is 2. The van der Waals surface area contributed by atoms with Gasteiger partial charge in [-0.15, -0.1) is 0 Å². The van der Waals surface area contributed by atoms with Crippen molar-refractivity contribution in [1.82, 2.24) is 15.5 Å². The van der Waals surface area contributed by atoms with Gasteiger partial charge in [-0.2, -0.15) is 0 Å². The van der Waals surface area contributed by atoms with Crippen molar-refractivity contribution in [2.24, 2.45) is 22.2 Å². The van der Waals surface area contributed by atoms with Gasteiger partial charge in [0.2, 0.25) is 0 Å². The summed E-state index contributed by atoms with van der Waals surface area (Å²) in [6, 6.07) is 0.539. The third-order valence-electron chi connectivity index (χ3n) is 5.93. The molecule has 2 N–H and O–H groups in total. The number of piperidine rings is 1. The van der Waals surface area contributed by atoms with E-state index in [2.05, 4.69) is 55.1 Å². The molecular weight excluding hydrogens is 324 g/mol. The van der Waals surface area contributed by atoms with Crippen molar-refractivity contribution >= 4 is 5.96 Å². The minimum Gasteiger partial charge on any atom is -0.377 e. The summed E-state index contributed by atoms with van der Waals surface area (Å²) in [6.07, 6.45) is 5.41. The fourth-order valence-corrected chi connectivity index (χ4v) is 4.46. The zero-order valence-electron chi connectivity index (χ0n) is 18.0. The Labute approximate surface area is 161 Å². The maximum Gasteiger partial charge on any atom is 0.191 e. The Balaban J connectivity index is 1.78. The van der Waals surface area contributed by atoms with Crippen molar-refractivity contribution in [3.8, 4) is 0 Å². The summed E-state index contributed by atoms with van der Waals surface area (Å²) >= 11 is 0. The molecule has 4 unspecified atom stereocenters. The molecular formula is C21H42N4O. The average Bonchev–Trinajstić information content (AvgIpc) is 2.61. The summed E-state index contributed by atoms with van der Waals surface area (Å²) in [5.74, 6) is 2.28. The van der Waals surface area contributed by atoms with Crippen LogP contribution in [0.25, 0.3) is 0 Å². The van der Waals surface area contributed by atoms with E-state index in [0.29, 0.717) is 18.1 Å². The van der Waals surface area contributed by atoms with Crippen LogP contribution in [0, 0.1) is 17.3 Å². The Bertz CT molecular complexity index is 446. The third kappa shape index (κ3) is 6.41. The van der Waals surface area contributed by atoms with Crippen molar-refractivity contribution < 1.29 is 4.74 Å². The number of hydrogen-bond acceptors (Lipinski definition) is 3. The number of guanidine groups is 1. The smallest absolute Gasteiger partial charge is 0.191 e. The lowest BCUT2D eigenvalue weighted by Crippen LogP contribution is -2.50. The van der Waals surface area contributed by atoms with E-state index in [0.717, 1.165) is 38.0 Å². The zero-order valence-corrected chi connectivity index (χ0v) is 18.0. The van der Waals surface area contributed by atoms with Gasteiger partial charge >= 0.3 is 0 Å². The fraction of sp³-hybridized carbons (Fsp3) is 0.952. The molecule has 2 heterocycles. The van der Waals surface area contributed by atoms with Gasteiger partial charge in [0.25, 0.3) is 0 Å². The Hall–Kier alpha value is -0.810. The monoisotopic (exact) mass is 366 g/mol. The number of nitrogens with one attached hydrogen (secondary N) is 2. The fourth-order valence-electron chi connectivity index (χ4n) is 4.46. The van der Waals surface area contributed by atoms with Crippen LogP contribution < -0.4 is 10.6 Å². The summed E-state index contributed by atoms with van der Waals surface area (Å²) in [5, 5.41) is 7.08. The molecule has 26 heavy (non-hydrogen) atoms. The SMILES string of the molecule is CN=C(NCC1CCCOC1C(C)(C)C)NCC(C)N1CCCC(C)C1. The van der Waals surface area contributed by atoms with Crippen LogP contribution in [0.15, 0.2) is 4.99 Å². The molecule has 2 rings (SSSR count). The normalized spacial score (nSPS) is 30.1. The molecule has 0 saturated carbocycles. The van der Waals surface area contributed by atoms with E-state index in [1.807, 2.05) is 7.05 Å². The first-order valence-corrected chi connectivity index (χ1v) is 10.6. The molecule has 2 aliphatic heterocycles. The number of rotatable bonds is 5. The van der Waals surface area contributed by atoms with Crippen LogP contribution in [-0.2, 0) is 4.74 Å². The summed E-state index contributed by atoms with van der Waals surface area (Å²) in [5.41, 5.74) is 0.184. The van der Waals surface area contributed by atoms with Crippen LogP contribution in [0.5, 0.6) is 0 Å². The second-order valence-electron chi connectivity index (χ2n) is 9.49. The largest absolute Gasteiger partial charge is 0.377 e. The molecule has 0 bridgehead atoms. The summed E-state index contributed by atoms with van der Waals surface area (Å²) in [6.45, 7) is 16.8. The molecule has 0 aromatic heterocycles. The number of ether oxygens (including phenoxy) is 1. The summed E-state index contributed by atoms with van der Waals surface area (Å²) in [7, 11) is 1.86. The standard InChI is InChI=1S/C21H42N4O/c1-16-9-7-11-25(15-16)17(2)13-23-20(22-6)24-14-18-10-8-12-26-19(18)21(3,4)5/h16-19H,7-15H2,1-6H3,(H2,22,23,24). The van der Waals surface area contributed by atoms with Crippen molar-refractivity contribution in [2.75, 3.05) is 39.8 Å². The van der Waals surface area contributed by atoms with E-state index >= 15 is 0 Å². The van der Waals surface area contributed by atoms with Gasteiger partial charge in [-0.05, 0) is 50.5 Å². The first kappa shape index (κ1) is 21.5. The molecule has 2 aliphatic rings. The summed E-state index contributed by atoms with van der Waals surface area (Å²) in [4.78, 5) is 7.04. The molecule has 0 aliphatic carbocycles. The quantitative estimate of drug-likeness (QED) is 0.580. The van der Waals surface area contributed by atoms with Crippen LogP contribution in [0.4, 0.5) is 0 Å². The minimum atomic E-state index is 0.184. The Kier molecular flexibility index (Phi) is 8.21. The van der Waals surface area contributed by atoms with E-state index in [9.17, 15) is 0 Å². The molecule has 0 amide bonds. The first-order valence-electron chi connectivity index (χ1n) is 10.6. The Morgan fingerprint density at radius 3 is 2.65 bits per heavy atom. The maximum atomic E-state index is 6.10. The van der Waals surface area contributed by atoms with Gasteiger partial charge < -0.3 is 15.4 Å². The van der Waals surface area contributed by atoms with Gasteiger partial charge in [-0.3, -0.25) is 9.89 Å². The topological polar surface area (TPSA) is 48.9 Å². The van der Waals surface area contributed by atoms with Gasteiger partial charge in [0, 0.05) is 45.2 Å². The van der Waals surface area contributed by atoms with E-state index in [1.165, 1.54) is 32.4 Å². The Morgan fingerprint density at radius 1 is 1.23 bits per heavy atom. The van der Waals surface area contributed by atoms with Crippen molar-refractivity contribution in [3.05, 3.63) is 0 Å². The molecule has 5 nitrogen and oxygen atoms in total. The van der Waals surface area contributed by atoms with Crippen molar-refractivity contribution in [1.29, 1.82) is 0 Å². The van der Waals surface area contributed by atoms with Crippen LogP contribution in [0.3, 0.4) is 0 Å². The van der Waals surface area contributed by atoms with Gasteiger partial charge in [0.15, 0.2) is 5.96 Å². The molecule has 0 aromatic carbocycles. The molecule has 0 spiro atoms. The highest BCUT2D eigenvalue weighted by atomic mass is 16.5. The van der Waals surface area contributed by atoms with Gasteiger partial charge in [-0.1, -0.05) is 27.7 Å². The van der Waals surface area contributed by atoms with Gasteiger partial charge in [-0.25, -0.2) is 0 Å². The molecule has 2 saturated heterocycles. The highest BCUT2D eigenvalue weighted by molar-refractivity contribution is 5.79. The van der Waals surface area contributed by atoms with Crippen LogP contribution in [0.1, 0.15) is 60.3 Å². The number of hydrogen-bond donors (Lipinski definition) is 2. The predicted octanol–water partition coefficient (Wildman–Crippen LogP) is 3.11. The van der Waals surface area contributed by atoms with E-state index < -0.39 is 0 Å². The average molecular weight is 367 g/mol. The second kappa shape index (κ2) is 9.93. The third-order valence-corrected chi connectivity index (χ3v) is 5.93. The molecule has 5 heteroatoms. The highest BCUT2D eigenvalue weighted by Crippen LogP contribution is 2.33. The maximum absolute atomic E-state index is 6.10. The van der Waals surface area contributed by atoms with E-state index in [-0.39, 0.29) is 5.41 Å². The molecule has 4 atom stereocenters. The second-order valence-corrected chi connectivity index (χ2v) is 9.49. The van der Waals surface area contributed by atoms with E-state index in [4.69, 9.17) is 4.74 Å². The predicted molar refractivity (Wildman–Crippen MR) is 111 cm³/mol. The van der Waals surface area contributed by atoms with Crippen LogP contribution in [-0.4, -0.2) is 62.8 Å². The number of likely N-dealkylation sites (tertiary alicyclic amines) is 1. The minimum absolute atomic E-state index is 0.184. The van der Waals surface area contributed by atoms with Gasteiger partial charge in [0.05, 0.1) is 6.10 Å². The first-order chi connectivity index (χ1) is 12.3. The number of aliphatic imine (C=N–C) groups is 1. The lowest BCUT2D eigenvalue weighted by Gasteiger charge is -2.40. The van der Waals surface area contributed by atoms with Gasteiger partial charge in [0.1, 0.15) is 0 Å². The lowest BCUT2D eigenvalue weighted by atomic mass is 9.78. The molecule has 0 radical (unpaired) electrons. The van der Waals surface area contributed by atoms with Crippen LogP contribution >= 0.6 is 0 Å². The highest BCUT2D eigenvalue weighted by Gasteiger charge is 2.35. The van der Waals surface area contributed by atoms with Crippen molar-refractivity contribution in [2.45, 2.75) is 72.4 Å². The van der Waals surface area contributed by atoms with E-state index in [1.54, 1.807) is 0 Å².